The molecule has 2 N–H and O–H groups in total. The van der Waals surface area contributed by atoms with Crippen molar-refractivity contribution in [2.24, 2.45) is 0 Å². The number of anilines is 1. The maximum absolute atomic E-state index is 12.2. The van der Waals surface area contributed by atoms with Gasteiger partial charge in [-0.25, -0.2) is 9.59 Å². The van der Waals surface area contributed by atoms with Gasteiger partial charge in [0.05, 0.1) is 13.2 Å². The highest BCUT2D eigenvalue weighted by Crippen LogP contribution is 2.28. The summed E-state index contributed by atoms with van der Waals surface area (Å²) >= 11 is 5.08. The third kappa shape index (κ3) is 4.82. The Balaban J connectivity index is 3.21. The molecule has 0 spiro atoms. The van der Waals surface area contributed by atoms with Gasteiger partial charge in [-0.15, -0.1) is 6.58 Å². The van der Waals surface area contributed by atoms with Crippen molar-refractivity contribution in [3.63, 3.8) is 0 Å². The standard InChI is InChI=1S/C15H20N2O5S/c1-5-8-16-15(23)17-12-11(14(19)21-7-3)10(9(4)22-12)13(18)20-6-2/h5H,1,6-8H2,2-4H3,(H2,16,17,23). The summed E-state index contributed by atoms with van der Waals surface area (Å²) in [7, 11) is 0. The number of aryl methyl sites for hydroxylation is 1. The van der Waals surface area contributed by atoms with Crippen LogP contribution in [0.25, 0.3) is 0 Å². The Kier molecular flexibility index (Phi) is 7.27. The lowest BCUT2D eigenvalue weighted by Gasteiger charge is -2.09. The monoisotopic (exact) mass is 340 g/mol. The highest BCUT2D eigenvalue weighted by atomic mass is 32.1. The second-order valence-corrected chi connectivity index (χ2v) is 4.71. The Morgan fingerprint density at radius 2 is 1.78 bits per heavy atom. The zero-order valence-corrected chi connectivity index (χ0v) is 14.2. The van der Waals surface area contributed by atoms with Crippen LogP contribution in [0.1, 0.15) is 40.3 Å². The summed E-state index contributed by atoms with van der Waals surface area (Å²) in [5.41, 5.74) is -0.00938. The average molecular weight is 340 g/mol. The van der Waals surface area contributed by atoms with Crippen LogP contribution in [0, 0.1) is 6.92 Å². The molecule has 0 bridgehead atoms. The van der Waals surface area contributed by atoms with Crippen molar-refractivity contribution in [1.82, 2.24) is 5.32 Å². The summed E-state index contributed by atoms with van der Waals surface area (Å²) in [6.45, 7) is 9.22. The van der Waals surface area contributed by atoms with Gasteiger partial charge in [0.1, 0.15) is 16.9 Å². The molecule has 1 rings (SSSR count). The predicted molar refractivity (Wildman–Crippen MR) is 89.8 cm³/mol. The molecule has 7 nitrogen and oxygen atoms in total. The van der Waals surface area contributed by atoms with Crippen LogP contribution in [0.5, 0.6) is 0 Å². The molecule has 1 heterocycles. The molecule has 0 unspecified atom stereocenters. The minimum absolute atomic E-state index is 0.0271. The Morgan fingerprint density at radius 1 is 1.22 bits per heavy atom. The fraction of sp³-hybridized carbons (Fsp3) is 0.400. The maximum Gasteiger partial charge on any atom is 0.344 e. The molecule has 0 aliphatic heterocycles. The fourth-order valence-electron chi connectivity index (χ4n) is 1.79. The van der Waals surface area contributed by atoms with Crippen LogP contribution in [0.2, 0.25) is 0 Å². The number of hydrogen-bond acceptors (Lipinski definition) is 6. The second kappa shape index (κ2) is 8.94. The van der Waals surface area contributed by atoms with Crippen molar-refractivity contribution in [2.75, 3.05) is 25.1 Å². The summed E-state index contributed by atoms with van der Waals surface area (Å²) in [5, 5.41) is 5.80. The molecule has 23 heavy (non-hydrogen) atoms. The van der Waals surface area contributed by atoms with Crippen LogP contribution in [-0.2, 0) is 9.47 Å². The molecule has 0 atom stereocenters. The smallest absolute Gasteiger partial charge is 0.344 e. The first kappa shape index (κ1) is 18.7. The maximum atomic E-state index is 12.2. The first-order valence-corrected chi connectivity index (χ1v) is 7.50. The van der Waals surface area contributed by atoms with Crippen molar-refractivity contribution < 1.29 is 23.5 Å². The number of furan rings is 1. The van der Waals surface area contributed by atoms with E-state index in [1.807, 2.05) is 0 Å². The van der Waals surface area contributed by atoms with Crippen molar-refractivity contribution in [3.8, 4) is 0 Å². The largest absolute Gasteiger partial charge is 0.462 e. The minimum atomic E-state index is -0.693. The zero-order valence-electron chi connectivity index (χ0n) is 13.4. The number of ether oxygens (including phenoxy) is 2. The van der Waals surface area contributed by atoms with E-state index in [2.05, 4.69) is 17.2 Å². The lowest BCUT2D eigenvalue weighted by molar-refractivity contribution is 0.0480. The van der Waals surface area contributed by atoms with Gasteiger partial charge < -0.3 is 24.5 Å². The molecule has 0 saturated carbocycles. The predicted octanol–water partition coefficient (Wildman–Crippen LogP) is 2.41. The minimum Gasteiger partial charge on any atom is -0.462 e. The van der Waals surface area contributed by atoms with Gasteiger partial charge >= 0.3 is 11.9 Å². The molecule has 0 radical (unpaired) electrons. The van der Waals surface area contributed by atoms with Gasteiger partial charge in [0.15, 0.2) is 5.11 Å². The van der Waals surface area contributed by atoms with Gasteiger partial charge in [-0.05, 0) is 33.0 Å². The molecule has 0 amide bonds. The van der Waals surface area contributed by atoms with E-state index in [-0.39, 0.29) is 41.1 Å². The first-order valence-electron chi connectivity index (χ1n) is 7.09. The van der Waals surface area contributed by atoms with E-state index in [9.17, 15) is 9.59 Å². The van der Waals surface area contributed by atoms with E-state index < -0.39 is 11.9 Å². The second-order valence-electron chi connectivity index (χ2n) is 4.30. The van der Waals surface area contributed by atoms with Crippen LogP contribution in [0.4, 0.5) is 5.88 Å². The number of carbonyl (C=O) groups excluding carboxylic acids is 2. The van der Waals surface area contributed by atoms with E-state index in [1.54, 1.807) is 26.8 Å². The lowest BCUT2D eigenvalue weighted by atomic mass is 10.1. The molecule has 1 aromatic rings. The highest BCUT2D eigenvalue weighted by molar-refractivity contribution is 7.80. The fourth-order valence-corrected chi connectivity index (χ4v) is 1.97. The van der Waals surface area contributed by atoms with Crippen molar-refractivity contribution >= 4 is 35.2 Å². The van der Waals surface area contributed by atoms with Crippen LogP contribution in [0.3, 0.4) is 0 Å². The van der Waals surface area contributed by atoms with Crippen molar-refractivity contribution in [1.29, 1.82) is 0 Å². The molecule has 0 saturated heterocycles. The topological polar surface area (TPSA) is 89.8 Å². The van der Waals surface area contributed by atoms with Crippen LogP contribution in [0.15, 0.2) is 17.1 Å². The number of hydrogen-bond donors (Lipinski definition) is 2. The molecule has 0 aliphatic carbocycles. The molecule has 0 fully saturated rings. The van der Waals surface area contributed by atoms with E-state index in [4.69, 9.17) is 26.1 Å². The summed E-state index contributed by atoms with van der Waals surface area (Å²) in [6.07, 6.45) is 1.62. The van der Waals surface area contributed by atoms with Crippen LogP contribution < -0.4 is 10.6 Å². The number of rotatable bonds is 7. The van der Waals surface area contributed by atoms with E-state index in [0.717, 1.165) is 0 Å². The summed E-state index contributed by atoms with van der Waals surface area (Å²) in [6, 6.07) is 0. The molecule has 8 heteroatoms. The molecule has 0 aliphatic rings. The quantitative estimate of drug-likeness (QED) is 0.444. The van der Waals surface area contributed by atoms with Gasteiger partial charge in [0, 0.05) is 6.54 Å². The van der Waals surface area contributed by atoms with Gasteiger partial charge in [-0.3, -0.25) is 0 Å². The van der Waals surface area contributed by atoms with Gasteiger partial charge in [-0.1, -0.05) is 6.08 Å². The normalized spacial score (nSPS) is 9.87. The van der Waals surface area contributed by atoms with E-state index in [0.29, 0.717) is 6.54 Å². The van der Waals surface area contributed by atoms with Crippen molar-refractivity contribution in [2.45, 2.75) is 20.8 Å². The van der Waals surface area contributed by atoms with Crippen LogP contribution in [-0.4, -0.2) is 36.8 Å². The molecule has 0 aromatic carbocycles. The van der Waals surface area contributed by atoms with Gasteiger partial charge in [0.2, 0.25) is 5.88 Å². The summed E-state index contributed by atoms with van der Waals surface area (Å²) < 4.78 is 15.4. The SMILES string of the molecule is C=CCNC(=S)Nc1oc(C)c(C(=O)OCC)c1C(=O)OCC. The summed E-state index contributed by atoms with van der Waals surface area (Å²) in [4.78, 5) is 24.3. The molecular formula is C15H20N2O5S. The van der Waals surface area contributed by atoms with Gasteiger partial charge in [0.25, 0.3) is 0 Å². The van der Waals surface area contributed by atoms with Crippen molar-refractivity contribution in [3.05, 3.63) is 29.5 Å². The molecule has 126 valence electrons. The third-order valence-corrected chi connectivity index (χ3v) is 2.92. The Bertz CT molecular complexity index is 609. The number of esters is 2. The Hall–Kier alpha value is -2.35. The number of nitrogens with one attached hydrogen (secondary N) is 2. The molecular weight excluding hydrogens is 320 g/mol. The number of carbonyl (C=O) groups is 2. The Labute approximate surface area is 140 Å². The lowest BCUT2D eigenvalue weighted by Crippen LogP contribution is -2.29. The van der Waals surface area contributed by atoms with E-state index in [1.165, 1.54) is 0 Å². The number of thiocarbonyl (C=S) groups is 1. The van der Waals surface area contributed by atoms with Crippen LogP contribution >= 0.6 is 12.2 Å². The summed E-state index contributed by atoms with van der Waals surface area (Å²) in [5.74, 6) is -1.08. The first-order chi connectivity index (χ1) is 11.0. The molecule has 1 aromatic heterocycles. The Morgan fingerprint density at radius 3 is 2.30 bits per heavy atom. The third-order valence-electron chi connectivity index (χ3n) is 2.68. The average Bonchev–Trinajstić information content (AvgIpc) is 2.81. The van der Waals surface area contributed by atoms with Gasteiger partial charge in [-0.2, -0.15) is 0 Å². The van der Waals surface area contributed by atoms with E-state index >= 15 is 0 Å². The zero-order chi connectivity index (χ0) is 17.4. The highest BCUT2D eigenvalue weighted by Gasteiger charge is 2.30.